The lowest BCUT2D eigenvalue weighted by Crippen LogP contribution is -2.12. The van der Waals surface area contributed by atoms with Crippen molar-refractivity contribution in [3.05, 3.63) is 63.2 Å². The van der Waals surface area contributed by atoms with Crippen LogP contribution in [0.5, 0.6) is 5.75 Å². The molecule has 0 N–H and O–H groups in total. The number of nitrogens with zero attached hydrogens (tertiary/aromatic N) is 2. The van der Waals surface area contributed by atoms with E-state index in [0.29, 0.717) is 0 Å². The van der Waals surface area contributed by atoms with Gasteiger partial charge in [0.05, 0.1) is 23.9 Å². The van der Waals surface area contributed by atoms with Gasteiger partial charge in [-0.15, -0.1) is 11.3 Å². The van der Waals surface area contributed by atoms with Crippen molar-refractivity contribution in [2.24, 2.45) is 0 Å². The Morgan fingerprint density at radius 1 is 1.08 bits per heavy atom. The standard InChI is InChI=1S/C21H22N2OS/c1-13-6-5-11-22-19(13)21(9-10-21)20-23-18(15(3)25-20)16-7-8-17(24-4)14(2)12-16/h5-8,11-12H,9-10H2,1-4H3. The normalized spacial score (nSPS) is 15.2. The Morgan fingerprint density at radius 2 is 1.88 bits per heavy atom. The Hall–Kier alpha value is -2.20. The van der Waals surface area contributed by atoms with E-state index in [0.717, 1.165) is 35.4 Å². The summed E-state index contributed by atoms with van der Waals surface area (Å²) in [6, 6.07) is 10.4. The molecule has 128 valence electrons. The fourth-order valence-electron chi connectivity index (χ4n) is 3.56. The minimum absolute atomic E-state index is 0.0283. The van der Waals surface area contributed by atoms with Crippen LogP contribution in [0.25, 0.3) is 11.3 Å². The van der Waals surface area contributed by atoms with Gasteiger partial charge in [-0.3, -0.25) is 4.98 Å². The third-order valence-electron chi connectivity index (χ3n) is 5.09. The highest BCUT2D eigenvalue weighted by atomic mass is 32.1. The molecule has 4 rings (SSSR count). The number of aryl methyl sites for hydroxylation is 3. The first-order chi connectivity index (χ1) is 12.0. The van der Waals surface area contributed by atoms with Crippen molar-refractivity contribution < 1.29 is 4.74 Å². The maximum absolute atomic E-state index is 5.38. The van der Waals surface area contributed by atoms with Crippen molar-refractivity contribution in [1.82, 2.24) is 9.97 Å². The number of methoxy groups -OCH3 is 1. The van der Waals surface area contributed by atoms with Gasteiger partial charge in [-0.05, 0) is 69.0 Å². The van der Waals surface area contributed by atoms with E-state index in [1.165, 1.54) is 21.1 Å². The molecule has 1 saturated carbocycles. The SMILES string of the molecule is COc1ccc(-c2nc(C3(c4ncccc4C)CC3)sc2C)cc1C. The van der Waals surface area contributed by atoms with Crippen molar-refractivity contribution in [3.8, 4) is 17.0 Å². The van der Waals surface area contributed by atoms with E-state index in [9.17, 15) is 0 Å². The van der Waals surface area contributed by atoms with Crippen molar-refractivity contribution >= 4 is 11.3 Å². The molecule has 0 bridgehead atoms. The topological polar surface area (TPSA) is 35.0 Å². The molecule has 1 aliphatic carbocycles. The molecule has 0 unspecified atom stereocenters. The van der Waals surface area contributed by atoms with E-state index in [-0.39, 0.29) is 5.41 Å². The fraction of sp³-hybridized carbons (Fsp3) is 0.333. The van der Waals surface area contributed by atoms with E-state index in [4.69, 9.17) is 9.72 Å². The molecule has 2 heterocycles. The van der Waals surface area contributed by atoms with Crippen LogP contribution in [0.2, 0.25) is 0 Å². The zero-order valence-electron chi connectivity index (χ0n) is 15.1. The van der Waals surface area contributed by atoms with Crippen LogP contribution in [0, 0.1) is 20.8 Å². The van der Waals surface area contributed by atoms with E-state index in [1.807, 2.05) is 29.7 Å². The van der Waals surface area contributed by atoms with Crippen LogP contribution in [0.3, 0.4) is 0 Å². The molecule has 1 aromatic carbocycles. The highest BCUT2D eigenvalue weighted by Crippen LogP contribution is 2.55. The molecule has 4 heteroatoms. The number of ether oxygens (including phenoxy) is 1. The van der Waals surface area contributed by atoms with E-state index in [2.05, 4.69) is 44.0 Å². The van der Waals surface area contributed by atoms with Crippen LogP contribution in [0.1, 0.15) is 39.5 Å². The quantitative estimate of drug-likeness (QED) is 0.647. The molecule has 0 atom stereocenters. The van der Waals surface area contributed by atoms with Gasteiger partial charge in [0.15, 0.2) is 0 Å². The van der Waals surface area contributed by atoms with Gasteiger partial charge in [0, 0.05) is 16.6 Å². The van der Waals surface area contributed by atoms with Gasteiger partial charge in [0.25, 0.3) is 0 Å². The lowest BCUT2D eigenvalue weighted by Gasteiger charge is -2.14. The highest BCUT2D eigenvalue weighted by Gasteiger charge is 2.50. The van der Waals surface area contributed by atoms with Crippen molar-refractivity contribution in [1.29, 1.82) is 0 Å². The van der Waals surface area contributed by atoms with Gasteiger partial charge >= 0.3 is 0 Å². The summed E-state index contributed by atoms with van der Waals surface area (Å²) in [6.07, 6.45) is 4.17. The molecule has 1 aliphatic rings. The number of aromatic nitrogens is 2. The molecule has 2 aromatic heterocycles. The van der Waals surface area contributed by atoms with E-state index in [1.54, 1.807) is 7.11 Å². The summed E-state index contributed by atoms with van der Waals surface area (Å²) in [4.78, 5) is 11.0. The minimum atomic E-state index is 0.0283. The smallest absolute Gasteiger partial charge is 0.121 e. The predicted octanol–water partition coefficient (Wildman–Crippen LogP) is 5.22. The van der Waals surface area contributed by atoms with Gasteiger partial charge in [0.1, 0.15) is 10.8 Å². The summed E-state index contributed by atoms with van der Waals surface area (Å²) >= 11 is 1.82. The Bertz CT molecular complexity index is 941. The molecule has 0 radical (unpaired) electrons. The van der Waals surface area contributed by atoms with Crippen molar-refractivity contribution in [3.63, 3.8) is 0 Å². The molecule has 3 aromatic rings. The minimum Gasteiger partial charge on any atom is -0.496 e. The summed E-state index contributed by atoms with van der Waals surface area (Å²) in [7, 11) is 1.71. The van der Waals surface area contributed by atoms with Gasteiger partial charge in [-0.25, -0.2) is 4.98 Å². The van der Waals surface area contributed by atoms with Crippen LogP contribution in [0.4, 0.5) is 0 Å². The largest absolute Gasteiger partial charge is 0.496 e. The summed E-state index contributed by atoms with van der Waals surface area (Å²) < 4.78 is 5.38. The summed E-state index contributed by atoms with van der Waals surface area (Å²) in [5, 5.41) is 1.20. The van der Waals surface area contributed by atoms with Gasteiger partial charge in [-0.1, -0.05) is 6.07 Å². The highest BCUT2D eigenvalue weighted by molar-refractivity contribution is 7.12. The lowest BCUT2D eigenvalue weighted by atomic mass is 9.98. The zero-order valence-corrected chi connectivity index (χ0v) is 15.9. The van der Waals surface area contributed by atoms with Gasteiger partial charge in [0.2, 0.25) is 0 Å². The number of rotatable bonds is 4. The fourth-order valence-corrected chi connectivity index (χ4v) is 4.74. The van der Waals surface area contributed by atoms with E-state index >= 15 is 0 Å². The Labute approximate surface area is 152 Å². The molecule has 0 spiro atoms. The number of pyridine rings is 1. The number of benzene rings is 1. The van der Waals surface area contributed by atoms with Crippen LogP contribution < -0.4 is 4.74 Å². The second-order valence-electron chi connectivity index (χ2n) is 6.86. The van der Waals surface area contributed by atoms with Crippen LogP contribution >= 0.6 is 11.3 Å². The third kappa shape index (κ3) is 2.65. The summed E-state index contributed by atoms with van der Waals surface area (Å²) in [6.45, 7) is 6.39. The predicted molar refractivity (Wildman–Crippen MR) is 103 cm³/mol. The maximum Gasteiger partial charge on any atom is 0.121 e. The Balaban J connectivity index is 1.77. The number of thiazole rings is 1. The third-order valence-corrected chi connectivity index (χ3v) is 6.26. The van der Waals surface area contributed by atoms with E-state index < -0.39 is 0 Å². The second-order valence-corrected chi connectivity index (χ2v) is 8.06. The average molecular weight is 350 g/mol. The Morgan fingerprint density at radius 3 is 2.52 bits per heavy atom. The van der Waals surface area contributed by atoms with Gasteiger partial charge < -0.3 is 4.74 Å². The first-order valence-corrected chi connectivity index (χ1v) is 9.42. The zero-order chi connectivity index (χ0) is 17.6. The second kappa shape index (κ2) is 5.95. The van der Waals surface area contributed by atoms with Crippen molar-refractivity contribution in [2.45, 2.75) is 39.0 Å². The van der Waals surface area contributed by atoms with Crippen molar-refractivity contribution in [2.75, 3.05) is 7.11 Å². The summed E-state index contributed by atoms with van der Waals surface area (Å²) in [5.41, 5.74) is 5.87. The molecule has 3 nitrogen and oxygen atoms in total. The van der Waals surface area contributed by atoms with Crippen LogP contribution in [-0.4, -0.2) is 17.1 Å². The first kappa shape index (κ1) is 16.3. The first-order valence-electron chi connectivity index (χ1n) is 8.60. The maximum atomic E-state index is 5.38. The average Bonchev–Trinajstić information content (AvgIpc) is 3.31. The molecular formula is C21H22N2OS. The monoisotopic (exact) mass is 350 g/mol. The van der Waals surface area contributed by atoms with Crippen LogP contribution in [-0.2, 0) is 5.41 Å². The summed E-state index contributed by atoms with van der Waals surface area (Å²) in [5.74, 6) is 0.916. The molecule has 0 amide bonds. The molecule has 1 fully saturated rings. The molecule has 0 aliphatic heterocycles. The molecular weight excluding hydrogens is 328 g/mol. The number of hydrogen-bond donors (Lipinski definition) is 0. The molecule has 25 heavy (non-hydrogen) atoms. The molecule has 0 saturated heterocycles. The van der Waals surface area contributed by atoms with Gasteiger partial charge in [-0.2, -0.15) is 0 Å². The lowest BCUT2D eigenvalue weighted by molar-refractivity contribution is 0.412. The number of hydrogen-bond acceptors (Lipinski definition) is 4. The Kier molecular flexibility index (Phi) is 3.88. The van der Waals surface area contributed by atoms with Crippen LogP contribution in [0.15, 0.2) is 36.5 Å².